The van der Waals surface area contributed by atoms with Crippen LogP contribution in [0.15, 0.2) is 34.0 Å². The Hall–Kier alpha value is -2.33. The molecule has 1 aromatic heterocycles. The molecule has 0 radical (unpaired) electrons. The highest BCUT2D eigenvalue weighted by atomic mass is 32.2. The number of esters is 1. The van der Waals surface area contributed by atoms with Gasteiger partial charge in [-0.3, -0.25) is 0 Å². The van der Waals surface area contributed by atoms with Crippen molar-refractivity contribution < 1.29 is 26.9 Å². The minimum atomic E-state index is -4.16. The topological polar surface area (TPSA) is 111 Å². The maximum absolute atomic E-state index is 13.3. The van der Waals surface area contributed by atoms with Crippen LogP contribution in [0.4, 0.5) is 4.39 Å². The number of benzene rings is 1. The Bertz CT molecular complexity index is 745. The van der Waals surface area contributed by atoms with Crippen molar-refractivity contribution in [3.05, 3.63) is 41.8 Å². The molecule has 0 fully saturated rings. The maximum Gasteiger partial charge on any atom is 0.339 e. The first kappa shape index (κ1) is 15.1. The van der Waals surface area contributed by atoms with E-state index in [1.54, 1.807) is 0 Å². The number of carbonyl (C=O) groups excluding carboxylic acids is 1. The molecule has 2 rings (SSSR count). The number of carbonyl (C=O) groups is 1. The number of hydrogen-bond acceptors (Lipinski definition) is 7. The summed E-state index contributed by atoms with van der Waals surface area (Å²) in [6.45, 7) is -0.268. The van der Waals surface area contributed by atoms with E-state index in [-0.39, 0.29) is 17.9 Å². The third-order valence-electron chi connectivity index (χ3n) is 2.47. The van der Waals surface area contributed by atoms with E-state index in [0.29, 0.717) is 0 Å². The predicted molar refractivity (Wildman–Crippen MR) is 66.1 cm³/mol. The van der Waals surface area contributed by atoms with Crippen LogP contribution in [0.2, 0.25) is 0 Å². The number of halogens is 1. The fourth-order valence-corrected chi connectivity index (χ4v) is 2.69. The van der Waals surface area contributed by atoms with Crippen LogP contribution in [-0.2, 0) is 21.3 Å². The molecule has 2 aromatic rings. The van der Waals surface area contributed by atoms with Crippen LogP contribution >= 0.6 is 0 Å². The highest BCUT2D eigenvalue weighted by Crippen LogP contribution is 2.18. The Kier molecular flexibility index (Phi) is 4.29. The van der Waals surface area contributed by atoms with Crippen molar-refractivity contribution in [3.8, 4) is 0 Å². The van der Waals surface area contributed by atoms with Gasteiger partial charge in [-0.1, -0.05) is 5.16 Å². The van der Waals surface area contributed by atoms with E-state index in [1.165, 1.54) is 0 Å². The van der Waals surface area contributed by atoms with Gasteiger partial charge < -0.3 is 9.26 Å². The second kappa shape index (κ2) is 5.97. The number of rotatable bonds is 5. The molecule has 1 N–H and O–H groups in total. The highest BCUT2D eigenvalue weighted by molar-refractivity contribution is 7.89. The van der Waals surface area contributed by atoms with Gasteiger partial charge in [-0.25, -0.2) is 22.3 Å². The standard InChI is InChI=1S/C11H10FN3O5S/c1-19-11(16)8-3-2-7(12)4-9(8)21(17,18)14-5-10-13-6-20-15-10/h2-4,6,14H,5H2,1H3. The number of methoxy groups -OCH3 is 1. The summed E-state index contributed by atoms with van der Waals surface area (Å²) in [5.41, 5.74) is -0.278. The Labute approximate surface area is 119 Å². The smallest absolute Gasteiger partial charge is 0.339 e. The lowest BCUT2D eigenvalue weighted by atomic mass is 10.2. The van der Waals surface area contributed by atoms with Crippen molar-refractivity contribution in [2.45, 2.75) is 11.4 Å². The lowest BCUT2D eigenvalue weighted by Crippen LogP contribution is -2.26. The van der Waals surface area contributed by atoms with Crippen molar-refractivity contribution in [2.75, 3.05) is 7.11 Å². The molecule has 0 spiro atoms. The average molecular weight is 315 g/mol. The molecule has 10 heteroatoms. The zero-order valence-corrected chi connectivity index (χ0v) is 11.6. The second-order valence-electron chi connectivity index (χ2n) is 3.80. The molecule has 1 heterocycles. The summed E-state index contributed by atoms with van der Waals surface area (Å²) < 4.78 is 48.6. The van der Waals surface area contributed by atoms with Gasteiger partial charge in [-0.05, 0) is 18.2 Å². The van der Waals surface area contributed by atoms with E-state index in [1.807, 2.05) is 0 Å². The Balaban J connectivity index is 2.34. The minimum absolute atomic E-state index is 0.0922. The molecule has 112 valence electrons. The van der Waals surface area contributed by atoms with Gasteiger partial charge in [0.05, 0.1) is 24.1 Å². The SMILES string of the molecule is COC(=O)c1ccc(F)cc1S(=O)(=O)NCc1ncon1. The molecular weight excluding hydrogens is 305 g/mol. The van der Waals surface area contributed by atoms with E-state index < -0.39 is 26.7 Å². The summed E-state index contributed by atoms with van der Waals surface area (Å²) >= 11 is 0. The average Bonchev–Trinajstić information content (AvgIpc) is 2.98. The van der Waals surface area contributed by atoms with Gasteiger partial charge in [-0.2, -0.15) is 4.98 Å². The first-order valence-corrected chi connectivity index (χ1v) is 7.05. The molecule has 21 heavy (non-hydrogen) atoms. The maximum atomic E-state index is 13.3. The van der Waals surface area contributed by atoms with Gasteiger partial charge in [0.25, 0.3) is 0 Å². The normalized spacial score (nSPS) is 11.3. The van der Waals surface area contributed by atoms with E-state index in [2.05, 4.69) is 24.1 Å². The fourth-order valence-electron chi connectivity index (χ4n) is 1.50. The van der Waals surface area contributed by atoms with Gasteiger partial charge in [0.1, 0.15) is 5.82 Å². The molecule has 0 bridgehead atoms. The van der Waals surface area contributed by atoms with Crippen LogP contribution in [-0.4, -0.2) is 31.6 Å². The zero-order chi connectivity index (χ0) is 15.5. The molecule has 0 aliphatic heterocycles. The minimum Gasteiger partial charge on any atom is -0.465 e. The number of aromatic nitrogens is 2. The van der Waals surface area contributed by atoms with E-state index in [0.717, 1.165) is 31.7 Å². The van der Waals surface area contributed by atoms with Crippen LogP contribution in [0.25, 0.3) is 0 Å². The lowest BCUT2D eigenvalue weighted by molar-refractivity contribution is 0.0596. The quantitative estimate of drug-likeness (QED) is 0.798. The van der Waals surface area contributed by atoms with Crippen molar-refractivity contribution >= 4 is 16.0 Å². The number of sulfonamides is 1. The summed E-state index contributed by atoms with van der Waals surface area (Å²) in [5.74, 6) is -1.60. The van der Waals surface area contributed by atoms with Crippen molar-refractivity contribution in [3.63, 3.8) is 0 Å². The van der Waals surface area contributed by atoms with E-state index in [9.17, 15) is 17.6 Å². The third kappa shape index (κ3) is 3.41. The molecule has 0 atom stereocenters. The van der Waals surface area contributed by atoms with Gasteiger partial charge in [-0.15, -0.1) is 0 Å². The van der Waals surface area contributed by atoms with Crippen LogP contribution < -0.4 is 4.72 Å². The number of hydrogen-bond donors (Lipinski definition) is 1. The molecule has 0 aliphatic rings. The van der Waals surface area contributed by atoms with Crippen LogP contribution in [0.5, 0.6) is 0 Å². The summed E-state index contributed by atoms with van der Waals surface area (Å²) in [5, 5.41) is 3.43. The molecule has 0 unspecified atom stereocenters. The number of ether oxygens (including phenoxy) is 1. The molecule has 0 amide bonds. The largest absolute Gasteiger partial charge is 0.465 e. The first-order valence-electron chi connectivity index (χ1n) is 5.57. The van der Waals surface area contributed by atoms with Gasteiger partial charge in [0.15, 0.2) is 5.82 Å². The van der Waals surface area contributed by atoms with Crippen LogP contribution in [0.3, 0.4) is 0 Å². The monoisotopic (exact) mass is 315 g/mol. The Morgan fingerprint density at radius 1 is 1.48 bits per heavy atom. The van der Waals surface area contributed by atoms with E-state index in [4.69, 9.17) is 0 Å². The molecule has 8 nitrogen and oxygen atoms in total. The van der Waals surface area contributed by atoms with Gasteiger partial charge in [0, 0.05) is 0 Å². The molecular formula is C11H10FN3O5S. The molecule has 0 saturated heterocycles. The lowest BCUT2D eigenvalue weighted by Gasteiger charge is -2.09. The zero-order valence-electron chi connectivity index (χ0n) is 10.7. The Morgan fingerprint density at radius 3 is 2.86 bits per heavy atom. The Morgan fingerprint density at radius 2 is 2.24 bits per heavy atom. The molecule has 0 aliphatic carbocycles. The highest BCUT2D eigenvalue weighted by Gasteiger charge is 2.24. The summed E-state index contributed by atoms with van der Waals surface area (Å²) in [7, 11) is -3.07. The predicted octanol–water partition coefficient (Wildman–Crippen LogP) is 0.474. The van der Waals surface area contributed by atoms with Crippen molar-refractivity contribution in [1.82, 2.24) is 14.9 Å². The van der Waals surface area contributed by atoms with Crippen molar-refractivity contribution in [1.29, 1.82) is 0 Å². The summed E-state index contributed by atoms with van der Waals surface area (Å²) in [6, 6.07) is 2.72. The second-order valence-corrected chi connectivity index (χ2v) is 5.54. The third-order valence-corrected chi connectivity index (χ3v) is 3.91. The molecule has 1 aromatic carbocycles. The van der Waals surface area contributed by atoms with E-state index >= 15 is 0 Å². The van der Waals surface area contributed by atoms with Crippen LogP contribution in [0, 0.1) is 5.82 Å². The van der Waals surface area contributed by atoms with Gasteiger partial charge in [0.2, 0.25) is 16.4 Å². The fraction of sp³-hybridized carbons (Fsp3) is 0.182. The summed E-state index contributed by atoms with van der Waals surface area (Å²) in [6.07, 6.45) is 1.03. The van der Waals surface area contributed by atoms with Crippen LogP contribution in [0.1, 0.15) is 16.2 Å². The van der Waals surface area contributed by atoms with Crippen molar-refractivity contribution in [2.24, 2.45) is 0 Å². The first-order chi connectivity index (χ1) is 9.94. The molecule has 0 saturated carbocycles. The number of nitrogens with zero attached hydrogens (tertiary/aromatic N) is 2. The number of nitrogens with one attached hydrogen (secondary N) is 1. The summed E-state index contributed by atoms with van der Waals surface area (Å²) in [4.78, 5) is 14.7. The van der Waals surface area contributed by atoms with Gasteiger partial charge >= 0.3 is 5.97 Å².